The van der Waals surface area contributed by atoms with E-state index in [1.54, 1.807) is 18.2 Å². The number of furan rings is 1. The van der Waals surface area contributed by atoms with E-state index in [0.717, 1.165) is 32.2 Å². The molecule has 1 aromatic carbocycles. The Hall–Kier alpha value is -2.76. The topological polar surface area (TPSA) is 71.8 Å². The van der Waals surface area contributed by atoms with Gasteiger partial charge in [0, 0.05) is 30.6 Å². The van der Waals surface area contributed by atoms with Crippen LogP contribution >= 0.6 is 0 Å². The largest absolute Gasteiger partial charge is 0.493 e. The van der Waals surface area contributed by atoms with Crippen molar-refractivity contribution >= 4 is 11.8 Å². The molecule has 1 unspecified atom stereocenters. The lowest BCUT2D eigenvalue weighted by atomic mass is 9.98. The summed E-state index contributed by atoms with van der Waals surface area (Å²) in [6.07, 6.45) is 7.12. The average Bonchev–Trinajstić information content (AvgIpc) is 3.34. The molecule has 1 N–H and O–H groups in total. The van der Waals surface area contributed by atoms with Gasteiger partial charge >= 0.3 is 0 Å². The number of carbonyl (C=O) groups is 2. The van der Waals surface area contributed by atoms with Crippen LogP contribution < -0.4 is 10.1 Å². The van der Waals surface area contributed by atoms with E-state index < -0.39 is 0 Å². The third-order valence-corrected chi connectivity index (χ3v) is 5.07. The van der Waals surface area contributed by atoms with Crippen LogP contribution in [0.2, 0.25) is 0 Å². The number of rotatable bonds is 6. The third-order valence-electron chi connectivity index (χ3n) is 5.07. The first kappa shape index (κ1) is 17.6. The van der Waals surface area contributed by atoms with Crippen molar-refractivity contribution in [2.75, 3.05) is 19.7 Å². The molecule has 1 atom stereocenters. The van der Waals surface area contributed by atoms with Gasteiger partial charge in [-0.2, -0.15) is 0 Å². The zero-order chi connectivity index (χ0) is 18.6. The molecule has 0 bridgehead atoms. The van der Waals surface area contributed by atoms with Crippen LogP contribution in [-0.2, 0) is 0 Å². The molecule has 1 aliphatic carbocycles. The maximum Gasteiger partial charge on any atom is 0.257 e. The van der Waals surface area contributed by atoms with E-state index in [-0.39, 0.29) is 17.7 Å². The zero-order valence-corrected chi connectivity index (χ0v) is 15.2. The summed E-state index contributed by atoms with van der Waals surface area (Å²) in [6.45, 7) is 1.96. The highest BCUT2D eigenvalue weighted by Crippen LogP contribution is 2.22. The molecule has 1 aliphatic heterocycles. The summed E-state index contributed by atoms with van der Waals surface area (Å²) in [5, 5.41) is 2.99. The molecular formula is C21H24N2O4. The molecule has 2 amide bonds. The van der Waals surface area contributed by atoms with Crippen LogP contribution in [0, 0.1) is 5.92 Å². The van der Waals surface area contributed by atoms with Crippen molar-refractivity contribution in [3.8, 4) is 5.75 Å². The second kappa shape index (κ2) is 7.86. The van der Waals surface area contributed by atoms with E-state index in [4.69, 9.17) is 9.15 Å². The maximum absolute atomic E-state index is 12.5. The molecule has 142 valence electrons. The highest BCUT2D eigenvalue weighted by atomic mass is 16.5. The Bertz CT molecular complexity index is 798. The van der Waals surface area contributed by atoms with Gasteiger partial charge in [0.15, 0.2) is 0 Å². The van der Waals surface area contributed by atoms with Gasteiger partial charge in [-0.05, 0) is 49.9 Å². The Balaban J connectivity index is 1.31. The minimum absolute atomic E-state index is 0.00666. The van der Waals surface area contributed by atoms with Gasteiger partial charge in [-0.1, -0.05) is 6.07 Å². The molecule has 27 heavy (non-hydrogen) atoms. The number of piperidine rings is 1. The van der Waals surface area contributed by atoms with E-state index >= 15 is 0 Å². The number of hydrogen-bond donors (Lipinski definition) is 1. The summed E-state index contributed by atoms with van der Waals surface area (Å²) in [5.41, 5.74) is 1.21. The SMILES string of the molecule is O=C(NC1CC1)c1cccc(OCC2CCCN(C(=O)c3ccoc3)C2)c1. The smallest absolute Gasteiger partial charge is 0.257 e. The van der Waals surface area contributed by atoms with Crippen LogP contribution in [0.25, 0.3) is 0 Å². The van der Waals surface area contributed by atoms with Crippen LogP contribution in [0.5, 0.6) is 5.75 Å². The minimum Gasteiger partial charge on any atom is -0.493 e. The molecule has 2 aromatic rings. The molecule has 0 radical (unpaired) electrons. The number of nitrogens with one attached hydrogen (secondary N) is 1. The van der Waals surface area contributed by atoms with Crippen LogP contribution in [-0.4, -0.2) is 42.5 Å². The number of ether oxygens (including phenoxy) is 1. The van der Waals surface area contributed by atoms with Crippen molar-refractivity contribution in [2.24, 2.45) is 5.92 Å². The molecule has 4 rings (SSSR count). The number of likely N-dealkylation sites (tertiary alicyclic amines) is 1. The molecule has 6 nitrogen and oxygen atoms in total. The summed E-state index contributed by atoms with van der Waals surface area (Å²) in [4.78, 5) is 26.5. The number of benzene rings is 1. The molecule has 1 saturated heterocycles. The van der Waals surface area contributed by atoms with Gasteiger partial charge in [0.05, 0.1) is 18.4 Å². The Morgan fingerprint density at radius 3 is 2.85 bits per heavy atom. The zero-order valence-electron chi connectivity index (χ0n) is 15.2. The lowest BCUT2D eigenvalue weighted by molar-refractivity contribution is 0.0632. The van der Waals surface area contributed by atoms with E-state index in [1.807, 2.05) is 17.0 Å². The summed E-state index contributed by atoms with van der Waals surface area (Å²) in [6, 6.07) is 9.33. The van der Waals surface area contributed by atoms with Crippen molar-refractivity contribution in [1.82, 2.24) is 10.2 Å². The van der Waals surface area contributed by atoms with Gasteiger partial charge in [0.2, 0.25) is 0 Å². The summed E-state index contributed by atoms with van der Waals surface area (Å²) >= 11 is 0. The van der Waals surface area contributed by atoms with Gasteiger partial charge in [-0.3, -0.25) is 9.59 Å². The Labute approximate surface area is 158 Å². The van der Waals surface area contributed by atoms with E-state index in [9.17, 15) is 9.59 Å². The molecule has 2 heterocycles. The predicted octanol–water partition coefficient (Wildman–Crippen LogP) is 3.10. The highest BCUT2D eigenvalue weighted by Gasteiger charge is 2.26. The first-order chi connectivity index (χ1) is 13.2. The van der Waals surface area contributed by atoms with E-state index in [2.05, 4.69) is 5.32 Å². The van der Waals surface area contributed by atoms with Gasteiger partial charge < -0.3 is 19.4 Å². The Kier molecular flexibility index (Phi) is 5.14. The number of carbonyl (C=O) groups excluding carboxylic acids is 2. The van der Waals surface area contributed by atoms with Crippen molar-refractivity contribution in [3.63, 3.8) is 0 Å². The third kappa shape index (κ3) is 4.51. The molecule has 2 aliphatic rings. The lowest BCUT2D eigenvalue weighted by Crippen LogP contribution is -2.41. The lowest BCUT2D eigenvalue weighted by Gasteiger charge is -2.32. The first-order valence-electron chi connectivity index (χ1n) is 9.54. The summed E-state index contributed by atoms with van der Waals surface area (Å²) in [7, 11) is 0. The fourth-order valence-corrected chi connectivity index (χ4v) is 3.39. The number of hydrogen-bond acceptors (Lipinski definition) is 4. The molecule has 2 fully saturated rings. The van der Waals surface area contributed by atoms with Gasteiger partial charge in [0.25, 0.3) is 11.8 Å². The first-order valence-corrected chi connectivity index (χ1v) is 9.54. The quantitative estimate of drug-likeness (QED) is 0.850. The monoisotopic (exact) mass is 368 g/mol. The molecule has 0 spiro atoms. The van der Waals surface area contributed by atoms with Crippen molar-refractivity contribution in [3.05, 3.63) is 54.0 Å². The Morgan fingerprint density at radius 1 is 1.19 bits per heavy atom. The van der Waals surface area contributed by atoms with Gasteiger partial charge in [0.1, 0.15) is 12.0 Å². The number of nitrogens with zero attached hydrogens (tertiary/aromatic N) is 1. The summed E-state index contributed by atoms with van der Waals surface area (Å²) in [5.74, 6) is 0.931. The fourth-order valence-electron chi connectivity index (χ4n) is 3.39. The van der Waals surface area contributed by atoms with Gasteiger partial charge in [-0.25, -0.2) is 0 Å². The standard InChI is InChI=1S/C21H24N2O4/c24-20(22-18-6-7-18)16-4-1-5-19(11-16)27-13-15-3-2-9-23(12-15)21(25)17-8-10-26-14-17/h1,4-5,8,10-11,14-15,18H,2-3,6-7,9,12-13H2,(H,22,24). The molecule has 1 saturated carbocycles. The molecule has 1 aromatic heterocycles. The fraction of sp³-hybridized carbons (Fsp3) is 0.429. The van der Waals surface area contributed by atoms with Crippen LogP contribution in [0.3, 0.4) is 0 Å². The second-order valence-electron chi connectivity index (χ2n) is 7.36. The van der Waals surface area contributed by atoms with Crippen LogP contribution in [0.15, 0.2) is 47.3 Å². The van der Waals surface area contributed by atoms with E-state index in [0.29, 0.717) is 36.1 Å². The second-order valence-corrected chi connectivity index (χ2v) is 7.36. The minimum atomic E-state index is -0.0440. The van der Waals surface area contributed by atoms with Crippen LogP contribution in [0.4, 0.5) is 0 Å². The maximum atomic E-state index is 12.5. The molecular weight excluding hydrogens is 344 g/mol. The van der Waals surface area contributed by atoms with E-state index in [1.165, 1.54) is 12.5 Å². The van der Waals surface area contributed by atoms with Crippen molar-refractivity contribution in [2.45, 2.75) is 31.7 Å². The highest BCUT2D eigenvalue weighted by molar-refractivity contribution is 5.95. The van der Waals surface area contributed by atoms with Gasteiger partial charge in [-0.15, -0.1) is 0 Å². The number of amides is 2. The van der Waals surface area contributed by atoms with Crippen molar-refractivity contribution < 1.29 is 18.7 Å². The normalized spacial score (nSPS) is 19.6. The van der Waals surface area contributed by atoms with Crippen LogP contribution in [0.1, 0.15) is 46.4 Å². The molecule has 6 heteroatoms. The predicted molar refractivity (Wildman–Crippen MR) is 99.8 cm³/mol. The van der Waals surface area contributed by atoms with Crippen molar-refractivity contribution in [1.29, 1.82) is 0 Å². The Morgan fingerprint density at radius 2 is 2.07 bits per heavy atom. The summed E-state index contributed by atoms with van der Waals surface area (Å²) < 4.78 is 11.0. The average molecular weight is 368 g/mol.